The average Bonchev–Trinajstić information content (AvgIpc) is 2.36. The van der Waals surface area contributed by atoms with Gasteiger partial charge in [0, 0.05) is 6.54 Å². The molecule has 116 valence electrons. The Labute approximate surface area is 122 Å². The Morgan fingerprint density at radius 1 is 1.33 bits per heavy atom. The zero-order valence-corrected chi connectivity index (χ0v) is 12.5. The number of amides is 1. The second-order valence-corrected chi connectivity index (χ2v) is 5.30. The number of rotatable bonds is 4. The third-order valence-electron chi connectivity index (χ3n) is 2.31. The summed E-state index contributed by atoms with van der Waals surface area (Å²) < 4.78 is 36.3. The number of hydrogen-bond acceptors (Lipinski definition) is 3. The number of ether oxygens (including phenoxy) is 2. The minimum atomic E-state index is -1.03. The van der Waals surface area contributed by atoms with Gasteiger partial charge in [-0.3, -0.25) is 0 Å². The minimum absolute atomic E-state index is 0.172. The van der Waals surface area contributed by atoms with E-state index in [1.54, 1.807) is 32.9 Å². The topological polar surface area (TPSA) is 47.6 Å². The van der Waals surface area contributed by atoms with E-state index in [2.05, 4.69) is 5.32 Å². The van der Waals surface area contributed by atoms with Crippen LogP contribution in [0.15, 0.2) is 18.2 Å². The standard InChI is InChI=1S/C15H19F2NO3/c1-15(2,3)21-14(19)18-7-5-6-10-8-11(16)13(17)12(9-10)20-4/h5-6,8-9H,7H2,1-4H3,(H,18,19). The molecule has 0 aliphatic heterocycles. The number of carbonyl (C=O) groups excluding carboxylic acids is 1. The highest BCUT2D eigenvalue weighted by atomic mass is 19.2. The fourth-order valence-corrected chi connectivity index (χ4v) is 1.48. The Hall–Kier alpha value is -2.11. The normalized spacial score (nSPS) is 11.5. The van der Waals surface area contributed by atoms with Crippen molar-refractivity contribution in [3.63, 3.8) is 0 Å². The third kappa shape index (κ3) is 5.81. The van der Waals surface area contributed by atoms with Crippen LogP contribution < -0.4 is 10.1 Å². The van der Waals surface area contributed by atoms with Crippen molar-refractivity contribution in [1.29, 1.82) is 0 Å². The summed E-state index contributed by atoms with van der Waals surface area (Å²) in [6.07, 6.45) is 2.59. The molecule has 1 rings (SSSR count). The predicted molar refractivity (Wildman–Crippen MR) is 76.2 cm³/mol. The van der Waals surface area contributed by atoms with Crippen molar-refractivity contribution in [1.82, 2.24) is 5.32 Å². The van der Waals surface area contributed by atoms with E-state index in [0.29, 0.717) is 5.56 Å². The van der Waals surface area contributed by atoms with Crippen molar-refractivity contribution in [3.05, 3.63) is 35.4 Å². The lowest BCUT2D eigenvalue weighted by Gasteiger charge is -2.19. The first-order valence-electron chi connectivity index (χ1n) is 6.39. The molecule has 0 heterocycles. The molecule has 4 nitrogen and oxygen atoms in total. The van der Waals surface area contributed by atoms with Crippen molar-refractivity contribution in [2.24, 2.45) is 0 Å². The summed E-state index contributed by atoms with van der Waals surface area (Å²) in [4.78, 5) is 11.4. The van der Waals surface area contributed by atoms with E-state index in [0.717, 1.165) is 6.07 Å². The first kappa shape index (κ1) is 16.9. The third-order valence-corrected chi connectivity index (χ3v) is 2.31. The number of benzene rings is 1. The molecule has 0 fully saturated rings. The smallest absolute Gasteiger partial charge is 0.407 e. The first-order chi connectivity index (χ1) is 9.73. The van der Waals surface area contributed by atoms with Crippen molar-refractivity contribution >= 4 is 12.2 Å². The molecular weight excluding hydrogens is 280 g/mol. The maximum Gasteiger partial charge on any atom is 0.407 e. The highest BCUT2D eigenvalue weighted by Crippen LogP contribution is 2.22. The largest absolute Gasteiger partial charge is 0.494 e. The van der Waals surface area contributed by atoms with E-state index in [1.165, 1.54) is 13.2 Å². The van der Waals surface area contributed by atoms with Crippen molar-refractivity contribution in [2.75, 3.05) is 13.7 Å². The number of carbonyl (C=O) groups is 1. The maximum absolute atomic E-state index is 13.3. The van der Waals surface area contributed by atoms with Crippen LogP contribution in [0, 0.1) is 11.6 Å². The quantitative estimate of drug-likeness (QED) is 0.925. The number of halogens is 2. The first-order valence-corrected chi connectivity index (χ1v) is 6.39. The lowest BCUT2D eigenvalue weighted by atomic mass is 10.2. The van der Waals surface area contributed by atoms with E-state index >= 15 is 0 Å². The summed E-state index contributed by atoms with van der Waals surface area (Å²) in [5.41, 5.74) is -0.141. The molecule has 1 aromatic rings. The summed E-state index contributed by atoms with van der Waals surface area (Å²) in [5.74, 6) is -2.19. The van der Waals surface area contributed by atoms with Crippen LogP contribution in [-0.4, -0.2) is 25.3 Å². The van der Waals surface area contributed by atoms with Gasteiger partial charge in [-0.1, -0.05) is 12.2 Å². The molecule has 1 aromatic carbocycles. The van der Waals surface area contributed by atoms with Gasteiger partial charge in [-0.2, -0.15) is 4.39 Å². The predicted octanol–water partition coefficient (Wildman–Crippen LogP) is 3.51. The summed E-state index contributed by atoms with van der Waals surface area (Å²) in [6, 6.07) is 2.41. The molecule has 0 spiro atoms. The van der Waals surface area contributed by atoms with Crippen molar-refractivity contribution in [3.8, 4) is 5.75 Å². The molecular formula is C15H19F2NO3. The molecule has 0 bridgehead atoms. The molecule has 0 aliphatic rings. The van der Waals surface area contributed by atoms with Gasteiger partial charge in [0.25, 0.3) is 0 Å². The molecule has 0 atom stereocenters. The van der Waals surface area contributed by atoms with Crippen LogP contribution in [0.25, 0.3) is 6.08 Å². The van der Waals surface area contributed by atoms with Gasteiger partial charge in [-0.15, -0.1) is 0 Å². The number of alkyl carbamates (subject to hydrolysis) is 1. The fraction of sp³-hybridized carbons (Fsp3) is 0.400. The monoisotopic (exact) mass is 299 g/mol. The van der Waals surface area contributed by atoms with Crippen LogP contribution >= 0.6 is 0 Å². The van der Waals surface area contributed by atoms with Gasteiger partial charge in [0.15, 0.2) is 11.6 Å². The minimum Gasteiger partial charge on any atom is -0.494 e. The molecule has 1 amide bonds. The van der Waals surface area contributed by atoms with Crippen LogP contribution in [0.2, 0.25) is 0 Å². The zero-order chi connectivity index (χ0) is 16.0. The van der Waals surface area contributed by atoms with Crippen LogP contribution in [0.3, 0.4) is 0 Å². The van der Waals surface area contributed by atoms with Crippen molar-refractivity contribution < 1.29 is 23.0 Å². The second kappa shape index (κ2) is 7.06. The van der Waals surface area contributed by atoms with E-state index in [9.17, 15) is 13.6 Å². The maximum atomic E-state index is 13.3. The number of hydrogen-bond donors (Lipinski definition) is 1. The van der Waals surface area contributed by atoms with E-state index in [-0.39, 0.29) is 12.3 Å². The van der Waals surface area contributed by atoms with Gasteiger partial charge in [-0.25, -0.2) is 9.18 Å². The molecule has 0 aromatic heterocycles. The highest BCUT2D eigenvalue weighted by molar-refractivity contribution is 5.68. The van der Waals surface area contributed by atoms with Gasteiger partial charge >= 0.3 is 6.09 Å². The molecule has 1 N–H and O–H groups in total. The molecule has 21 heavy (non-hydrogen) atoms. The summed E-state index contributed by atoms with van der Waals surface area (Å²) >= 11 is 0. The summed E-state index contributed by atoms with van der Waals surface area (Å²) in [6.45, 7) is 5.48. The van der Waals surface area contributed by atoms with Crippen molar-refractivity contribution in [2.45, 2.75) is 26.4 Å². The summed E-state index contributed by atoms with van der Waals surface area (Å²) in [5, 5.41) is 2.52. The molecule has 0 radical (unpaired) electrons. The molecule has 6 heteroatoms. The van der Waals surface area contributed by atoms with Crippen LogP contribution in [-0.2, 0) is 4.74 Å². The molecule has 0 unspecified atom stereocenters. The lowest BCUT2D eigenvalue weighted by Crippen LogP contribution is -2.32. The lowest BCUT2D eigenvalue weighted by molar-refractivity contribution is 0.0534. The molecule has 0 saturated heterocycles. The SMILES string of the molecule is COc1cc(C=CCNC(=O)OC(C)(C)C)cc(F)c1F. The van der Waals surface area contributed by atoms with Crippen LogP contribution in [0.1, 0.15) is 26.3 Å². The highest BCUT2D eigenvalue weighted by Gasteiger charge is 2.15. The van der Waals surface area contributed by atoms with Crippen LogP contribution in [0.5, 0.6) is 5.75 Å². The van der Waals surface area contributed by atoms with Crippen LogP contribution in [0.4, 0.5) is 13.6 Å². The van der Waals surface area contributed by atoms with Gasteiger partial charge < -0.3 is 14.8 Å². The number of nitrogens with one attached hydrogen (secondary N) is 1. The van der Waals surface area contributed by atoms with Gasteiger partial charge in [0.1, 0.15) is 5.60 Å². The Morgan fingerprint density at radius 2 is 2.00 bits per heavy atom. The summed E-state index contributed by atoms with van der Waals surface area (Å²) in [7, 11) is 1.26. The van der Waals surface area contributed by atoms with Gasteiger partial charge in [0.2, 0.25) is 5.82 Å². The number of methoxy groups -OCH3 is 1. The Bertz CT molecular complexity index is 536. The van der Waals surface area contributed by atoms with E-state index in [1.807, 2.05) is 0 Å². The zero-order valence-electron chi connectivity index (χ0n) is 12.5. The Balaban J connectivity index is 2.58. The van der Waals surface area contributed by atoms with Gasteiger partial charge in [0.05, 0.1) is 7.11 Å². The fourth-order valence-electron chi connectivity index (χ4n) is 1.48. The van der Waals surface area contributed by atoms with Gasteiger partial charge in [-0.05, 0) is 38.5 Å². The Kier molecular flexibility index (Phi) is 5.69. The second-order valence-electron chi connectivity index (χ2n) is 5.30. The van der Waals surface area contributed by atoms with E-state index < -0.39 is 23.3 Å². The Morgan fingerprint density at radius 3 is 2.57 bits per heavy atom. The van der Waals surface area contributed by atoms with E-state index in [4.69, 9.17) is 9.47 Å². The average molecular weight is 299 g/mol. The molecule has 0 aliphatic carbocycles. The molecule has 0 saturated carbocycles.